The van der Waals surface area contributed by atoms with Crippen LogP contribution in [0.15, 0.2) is 41.3 Å². The van der Waals surface area contributed by atoms with Crippen molar-refractivity contribution in [1.29, 1.82) is 0 Å². The number of rotatable bonds is 8. The fourth-order valence-corrected chi connectivity index (χ4v) is 3.91. The highest BCUT2D eigenvalue weighted by molar-refractivity contribution is 8.26. The lowest BCUT2D eigenvalue weighted by Crippen LogP contribution is -2.17. The Morgan fingerprint density at radius 2 is 1.97 bits per heavy atom. The summed E-state index contributed by atoms with van der Waals surface area (Å²) in [6, 6.07) is 10.3. The van der Waals surface area contributed by atoms with Crippen molar-refractivity contribution in [3.05, 3.63) is 68.1 Å². The monoisotopic (exact) mass is 444 g/mol. The second-order valence-electron chi connectivity index (χ2n) is 6.54. The van der Waals surface area contributed by atoms with Gasteiger partial charge in [-0.05, 0) is 48.7 Å². The normalized spacial score (nSPS) is 14.7. The van der Waals surface area contributed by atoms with Gasteiger partial charge in [-0.25, -0.2) is 0 Å². The van der Waals surface area contributed by atoms with E-state index in [2.05, 4.69) is 18.3 Å². The van der Waals surface area contributed by atoms with Crippen LogP contribution in [0.2, 0.25) is 0 Å². The first-order valence-electron chi connectivity index (χ1n) is 9.25. The lowest BCUT2D eigenvalue weighted by atomic mass is 10.1. The smallest absolute Gasteiger partial charge is 0.270 e. The van der Waals surface area contributed by atoms with E-state index in [1.807, 2.05) is 19.1 Å². The minimum absolute atomic E-state index is 0.0942. The van der Waals surface area contributed by atoms with Crippen LogP contribution in [0.1, 0.15) is 23.6 Å². The van der Waals surface area contributed by atoms with E-state index in [-0.39, 0.29) is 18.2 Å². The molecule has 3 rings (SSSR count). The van der Waals surface area contributed by atoms with Crippen molar-refractivity contribution in [1.82, 2.24) is 5.32 Å². The van der Waals surface area contributed by atoms with Crippen LogP contribution in [-0.2, 0) is 11.2 Å². The molecular formula is C21H20N2O5S2. The summed E-state index contributed by atoms with van der Waals surface area (Å²) in [7, 11) is 0. The number of amides is 1. The summed E-state index contributed by atoms with van der Waals surface area (Å²) in [6.45, 7) is 4.64. The van der Waals surface area contributed by atoms with E-state index in [1.165, 1.54) is 29.8 Å². The molecule has 30 heavy (non-hydrogen) atoms. The standard InChI is InChI=1S/C21H20N2O5S2/c1-3-14-8-13(2)9-17(10-14)27-6-7-28-18-5-4-16(23(25)26)11-15(18)12-19-20(24)22-21(29)30-19/h4-5,8-12H,3,6-7H2,1-2H3,(H,22,24,29)/b19-12-. The van der Waals surface area contributed by atoms with E-state index < -0.39 is 4.92 Å². The van der Waals surface area contributed by atoms with Crippen molar-refractivity contribution < 1.29 is 19.2 Å². The first kappa shape index (κ1) is 21.8. The van der Waals surface area contributed by atoms with Crippen molar-refractivity contribution in [3.8, 4) is 11.5 Å². The van der Waals surface area contributed by atoms with Crippen molar-refractivity contribution >= 4 is 46.0 Å². The molecule has 0 saturated carbocycles. The van der Waals surface area contributed by atoms with Crippen molar-refractivity contribution in [2.75, 3.05) is 13.2 Å². The van der Waals surface area contributed by atoms with Crippen molar-refractivity contribution in [3.63, 3.8) is 0 Å². The molecule has 7 nitrogen and oxygen atoms in total. The van der Waals surface area contributed by atoms with Gasteiger partial charge in [-0.3, -0.25) is 14.9 Å². The molecule has 156 valence electrons. The third kappa shape index (κ3) is 5.58. The van der Waals surface area contributed by atoms with Crippen LogP contribution in [-0.4, -0.2) is 28.4 Å². The number of nitro groups is 1. The number of carbonyl (C=O) groups excluding carboxylic acids is 1. The van der Waals surface area contributed by atoms with Crippen LogP contribution in [0.4, 0.5) is 5.69 Å². The van der Waals surface area contributed by atoms with E-state index in [0.717, 1.165) is 29.5 Å². The highest BCUT2D eigenvalue weighted by atomic mass is 32.2. The zero-order valence-electron chi connectivity index (χ0n) is 16.5. The minimum Gasteiger partial charge on any atom is -0.490 e. The van der Waals surface area contributed by atoms with Crippen LogP contribution >= 0.6 is 24.0 Å². The molecule has 2 aromatic carbocycles. The number of thioether (sulfide) groups is 1. The van der Waals surface area contributed by atoms with Crippen LogP contribution in [0.3, 0.4) is 0 Å². The number of carbonyl (C=O) groups is 1. The molecule has 0 radical (unpaired) electrons. The summed E-state index contributed by atoms with van der Waals surface area (Å²) in [6.07, 6.45) is 2.46. The zero-order chi connectivity index (χ0) is 21.7. The van der Waals surface area contributed by atoms with Crippen LogP contribution < -0.4 is 14.8 Å². The topological polar surface area (TPSA) is 90.7 Å². The van der Waals surface area contributed by atoms with Gasteiger partial charge in [0, 0.05) is 17.7 Å². The second-order valence-corrected chi connectivity index (χ2v) is 8.26. The number of ether oxygens (including phenoxy) is 2. The number of non-ortho nitro benzene ring substituents is 1. The number of nitro benzene ring substituents is 1. The second kappa shape index (κ2) is 9.73. The lowest BCUT2D eigenvalue weighted by Gasteiger charge is -2.12. The Balaban J connectivity index is 1.71. The maximum Gasteiger partial charge on any atom is 0.270 e. The van der Waals surface area contributed by atoms with E-state index in [1.54, 1.807) is 0 Å². The molecule has 0 bridgehead atoms. The Morgan fingerprint density at radius 3 is 2.63 bits per heavy atom. The van der Waals surface area contributed by atoms with Crippen LogP contribution in [0.25, 0.3) is 6.08 Å². The Kier molecular flexibility index (Phi) is 7.07. The minimum atomic E-state index is -0.496. The fraction of sp³-hybridized carbons (Fsp3) is 0.238. The SMILES string of the molecule is CCc1cc(C)cc(OCCOc2ccc([N+](=O)[O-])cc2/C=C2\SC(=S)NC2=O)c1. The zero-order valence-corrected chi connectivity index (χ0v) is 18.1. The summed E-state index contributed by atoms with van der Waals surface area (Å²) in [5.41, 5.74) is 2.65. The quantitative estimate of drug-likeness (QED) is 0.212. The van der Waals surface area contributed by atoms with Gasteiger partial charge in [0.1, 0.15) is 29.0 Å². The maximum absolute atomic E-state index is 11.9. The molecule has 9 heteroatoms. The number of aryl methyl sites for hydroxylation is 2. The third-order valence-corrected chi connectivity index (χ3v) is 5.42. The summed E-state index contributed by atoms with van der Waals surface area (Å²) in [5, 5.41) is 13.7. The molecule has 1 amide bonds. The average molecular weight is 445 g/mol. The predicted molar refractivity (Wildman–Crippen MR) is 121 cm³/mol. The number of hydrogen-bond donors (Lipinski definition) is 1. The molecule has 1 aliphatic heterocycles. The van der Waals surface area contributed by atoms with Gasteiger partial charge in [-0.1, -0.05) is 37.0 Å². The van der Waals surface area contributed by atoms with E-state index in [4.69, 9.17) is 21.7 Å². The highest BCUT2D eigenvalue weighted by Gasteiger charge is 2.23. The first-order valence-corrected chi connectivity index (χ1v) is 10.5. The number of thiocarbonyl (C=S) groups is 1. The molecule has 0 aliphatic carbocycles. The number of hydrogen-bond acceptors (Lipinski definition) is 7. The Hall–Kier alpha value is -2.91. The summed E-state index contributed by atoms with van der Waals surface area (Å²) < 4.78 is 11.9. The molecule has 1 saturated heterocycles. The molecule has 2 aromatic rings. The fourth-order valence-electron chi connectivity index (χ4n) is 2.88. The Morgan fingerprint density at radius 1 is 1.20 bits per heavy atom. The predicted octanol–water partition coefficient (Wildman–Crippen LogP) is 4.41. The van der Waals surface area contributed by atoms with Crippen molar-refractivity contribution in [2.24, 2.45) is 0 Å². The molecule has 0 unspecified atom stereocenters. The molecule has 1 N–H and O–H groups in total. The summed E-state index contributed by atoms with van der Waals surface area (Å²) in [4.78, 5) is 22.9. The van der Waals surface area contributed by atoms with Gasteiger partial charge in [-0.15, -0.1) is 0 Å². The largest absolute Gasteiger partial charge is 0.490 e. The van der Waals surface area contributed by atoms with E-state index in [0.29, 0.717) is 27.1 Å². The van der Waals surface area contributed by atoms with Gasteiger partial charge in [0.05, 0.1) is 9.83 Å². The Labute approximate surface area is 183 Å². The van der Waals surface area contributed by atoms with E-state index in [9.17, 15) is 14.9 Å². The molecule has 1 fully saturated rings. The third-order valence-electron chi connectivity index (χ3n) is 4.26. The Bertz CT molecular complexity index is 1040. The molecule has 0 atom stereocenters. The van der Waals surface area contributed by atoms with Gasteiger partial charge in [0.15, 0.2) is 0 Å². The van der Waals surface area contributed by atoms with Gasteiger partial charge in [0.25, 0.3) is 11.6 Å². The van der Waals surface area contributed by atoms with Gasteiger partial charge >= 0.3 is 0 Å². The molecular weight excluding hydrogens is 424 g/mol. The highest BCUT2D eigenvalue weighted by Crippen LogP contribution is 2.31. The first-order chi connectivity index (χ1) is 14.4. The molecule has 0 spiro atoms. The number of nitrogens with one attached hydrogen (secondary N) is 1. The van der Waals surface area contributed by atoms with Gasteiger partial charge in [0.2, 0.25) is 0 Å². The number of nitrogens with zero attached hydrogens (tertiary/aromatic N) is 1. The van der Waals surface area contributed by atoms with Gasteiger partial charge < -0.3 is 14.8 Å². The summed E-state index contributed by atoms with van der Waals surface area (Å²) in [5.74, 6) is 0.854. The van der Waals surface area contributed by atoms with Gasteiger partial charge in [-0.2, -0.15) is 0 Å². The lowest BCUT2D eigenvalue weighted by molar-refractivity contribution is -0.384. The molecule has 0 aromatic heterocycles. The van der Waals surface area contributed by atoms with E-state index >= 15 is 0 Å². The maximum atomic E-state index is 11.9. The summed E-state index contributed by atoms with van der Waals surface area (Å²) >= 11 is 6.09. The average Bonchev–Trinajstić information content (AvgIpc) is 3.02. The van der Waals surface area contributed by atoms with Crippen LogP contribution in [0, 0.1) is 17.0 Å². The molecule has 1 aliphatic rings. The number of benzene rings is 2. The molecule has 1 heterocycles. The van der Waals surface area contributed by atoms with Crippen molar-refractivity contribution in [2.45, 2.75) is 20.3 Å². The van der Waals surface area contributed by atoms with Crippen LogP contribution in [0.5, 0.6) is 11.5 Å².